The Hall–Kier alpha value is -1.32. The fourth-order valence-corrected chi connectivity index (χ4v) is 3.41. The number of nitrogens with two attached hydrogens (primary N) is 1. The summed E-state index contributed by atoms with van der Waals surface area (Å²) >= 11 is 0. The number of ether oxygens (including phenoxy) is 1. The summed E-state index contributed by atoms with van der Waals surface area (Å²) in [5.41, 5.74) is 7.20. The van der Waals surface area contributed by atoms with Crippen LogP contribution in [0, 0.1) is 18.3 Å². The smallest absolute Gasteiger partial charge is 0.222 e. The Balaban J connectivity index is 2.22. The molecular formula is C17H29N3O. The molecule has 0 spiro atoms. The van der Waals surface area contributed by atoms with Crippen molar-refractivity contribution in [3.63, 3.8) is 0 Å². The highest BCUT2D eigenvalue weighted by molar-refractivity contribution is 5.44. The lowest BCUT2D eigenvalue weighted by Crippen LogP contribution is -2.34. The van der Waals surface area contributed by atoms with Crippen molar-refractivity contribution < 1.29 is 4.74 Å². The monoisotopic (exact) mass is 291 g/mol. The maximum Gasteiger partial charge on any atom is 0.222 e. The number of nitrogen functional groups attached to an aromatic ring is 1. The molecule has 2 rings (SSSR count). The minimum absolute atomic E-state index is 0.219. The highest BCUT2D eigenvalue weighted by Crippen LogP contribution is 2.40. The number of rotatable bonds is 3. The van der Waals surface area contributed by atoms with E-state index in [-0.39, 0.29) is 12.0 Å². The van der Waals surface area contributed by atoms with Gasteiger partial charge in [-0.15, -0.1) is 0 Å². The summed E-state index contributed by atoms with van der Waals surface area (Å²) in [7, 11) is 0. The van der Waals surface area contributed by atoms with Crippen molar-refractivity contribution in [1.29, 1.82) is 0 Å². The van der Waals surface area contributed by atoms with E-state index in [2.05, 4.69) is 44.6 Å². The predicted molar refractivity (Wildman–Crippen MR) is 86.5 cm³/mol. The average Bonchev–Trinajstić information content (AvgIpc) is 2.31. The number of hydrogen-bond acceptors (Lipinski definition) is 4. The fourth-order valence-electron chi connectivity index (χ4n) is 3.41. The van der Waals surface area contributed by atoms with Gasteiger partial charge < -0.3 is 10.5 Å². The van der Waals surface area contributed by atoms with E-state index in [1.165, 1.54) is 6.42 Å². The summed E-state index contributed by atoms with van der Waals surface area (Å²) < 4.78 is 6.23. The first-order valence-electron chi connectivity index (χ1n) is 7.98. The van der Waals surface area contributed by atoms with Crippen LogP contribution in [0.2, 0.25) is 0 Å². The Bertz CT molecular complexity index is 511. The summed E-state index contributed by atoms with van der Waals surface area (Å²) in [6, 6.07) is 0. The number of anilines is 1. The van der Waals surface area contributed by atoms with Crippen molar-refractivity contribution in [3.05, 3.63) is 11.4 Å². The highest BCUT2D eigenvalue weighted by Gasteiger charge is 2.33. The molecule has 1 heterocycles. The molecule has 2 N–H and O–H groups in total. The van der Waals surface area contributed by atoms with E-state index in [0.29, 0.717) is 23.0 Å². The molecule has 0 aliphatic heterocycles. The Morgan fingerprint density at radius 3 is 2.48 bits per heavy atom. The summed E-state index contributed by atoms with van der Waals surface area (Å²) in [6.45, 7) is 13.0. The first-order valence-corrected chi connectivity index (χ1v) is 7.98. The Kier molecular flexibility index (Phi) is 4.45. The van der Waals surface area contributed by atoms with Crippen LogP contribution >= 0.6 is 0 Å². The van der Waals surface area contributed by atoms with Gasteiger partial charge in [0.05, 0.1) is 5.56 Å². The second kappa shape index (κ2) is 5.82. The van der Waals surface area contributed by atoms with E-state index >= 15 is 0 Å². The second-order valence-corrected chi connectivity index (χ2v) is 7.71. The molecule has 4 nitrogen and oxygen atoms in total. The largest absolute Gasteiger partial charge is 0.474 e. The van der Waals surface area contributed by atoms with E-state index in [1.54, 1.807) is 0 Å². The molecule has 0 aromatic carbocycles. The SMILES string of the molecule is Cc1c(N)nc(C(C)C)nc1OC1CC(C)CC(C)(C)C1. The quantitative estimate of drug-likeness (QED) is 0.911. The molecule has 4 heteroatoms. The van der Waals surface area contributed by atoms with Crippen molar-refractivity contribution in [3.8, 4) is 5.88 Å². The summed E-state index contributed by atoms with van der Waals surface area (Å²) in [4.78, 5) is 8.94. The summed E-state index contributed by atoms with van der Waals surface area (Å²) in [5, 5.41) is 0. The van der Waals surface area contributed by atoms with Crippen LogP contribution in [-0.4, -0.2) is 16.1 Å². The molecule has 1 aromatic heterocycles. The molecule has 0 amide bonds. The number of aromatic nitrogens is 2. The maximum atomic E-state index is 6.23. The molecule has 2 atom stereocenters. The topological polar surface area (TPSA) is 61.0 Å². The van der Waals surface area contributed by atoms with Gasteiger partial charge in [-0.3, -0.25) is 0 Å². The molecule has 0 radical (unpaired) electrons. The highest BCUT2D eigenvalue weighted by atomic mass is 16.5. The van der Waals surface area contributed by atoms with Crippen LogP contribution in [0.15, 0.2) is 0 Å². The van der Waals surface area contributed by atoms with E-state index in [4.69, 9.17) is 10.5 Å². The summed E-state index contributed by atoms with van der Waals surface area (Å²) in [5.74, 6) is 2.89. The molecular weight excluding hydrogens is 262 g/mol. The van der Waals surface area contributed by atoms with Crippen LogP contribution < -0.4 is 10.5 Å². The van der Waals surface area contributed by atoms with E-state index in [1.807, 2.05) is 6.92 Å². The van der Waals surface area contributed by atoms with Crippen molar-refractivity contribution >= 4 is 5.82 Å². The molecule has 1 aliphatic rings. The zero-order valence-corrected chi connectivity index (χ0v) is 14.2. The van der Waals surface area contributed by atoms with Gasteiger partial charge in [0.15, 0.2) is 0 Å². The van der Waals surface area contributed by atoms with Crippen molar-refractivity contribution in [1.82, 2.24) is 9.97 Å². The molecule has 1 fully saturated rings. The third-order valence-electron chi connectivity index (χ3n) is 4.30. The van der Waals surface area contributed by atoms with Crippen LogP contribution in [0.1, 0.15) is 71.2 Å². The third-order valence-corrected chi connectivity index (χ3v) is 4.30. The van der Waals surface area contributed by atoms with E-state index in [0.717, 1.165) is 24.2 Å². The Morgan fingerprint density at radius 1 is 1.24 bits per heavy atom. The lowest BCUT2D eigenvalue weighted by Gasteiger charge is -2.38. The third kappa shape index (κ3) is 3.86. The first kappa shape index (κ1) is 16.1. The fraction of sp³-hybridized carbons (Fsp3) is 0.765. The lowest BCUT2D eigenvalue weighted by atomic mass is 9.71. The normalized spacial score (nSPS) is 25.1. The summed E-state index contributed by atoms with van der Waals surface area (Å²) in [6.07, 6.45) is 3.63. The van der Waals surface area contributed by atoms with E-state index < -0.39 is 0 Å². The van der Waals surface area contributed by atoms with Crippen molar-refractivity contribution in [2.24, 2.45) is 11.3 Å². The Labute approximate surface area is 128 Å². The second-order valence-electron chi connectivity index (χ2n) is 7.71. The van der Waals surface area contributed by atoms with Gasteiger partial charge in [0.25, 0.3) is 0 Å². The minimum atomic E-state index is 0.219. The first-order chi connectivity index (χ1) is 9.68. The standard InChI is InChI=1S/C17H29N3O/c1-10(2)15-19-14(18)12(4)16(20-15)21-13-7-11(3)8-17(5,6)9-13/h10-11,13H,7-9H2,1-6H3,(H2,18,19,20). The molecule has 0 saturated heterocycles. The average molecular weight is 291 g/mol. The molecule has 21 heavy (non-hydrogen) atoms. The van der Waals surface area contributed by atoms with Gasteiger partial charge in [-0.2, -0.15) is 4.98 Å². The molecule has 1 aromatic rings. The van der Waals surface area contributed by atoms with Gasteiger partial charge in [-0.25, -0.2) is 4.98 Å². The molecule has 2 unspecified atom stereocenters. The van der Waals surface area contributed by atoms with Crippen LogP contribution in [0.3, 0.4) is 0 Å². The lowest BCUT2D eigenvalue weighted by molar-refractivity contribution is 0.0525. The van der Waals surface area contributed by atoms with Crippen LogP contribution in [-0.2, 0) is 0 Å². The molecule has 118 valence electrons. The van der Waals surface area contributed by atoms with Crippen molar-refractivity contribution in [2.75, 3.05) is 5.73 Å². The van der Waals surface area contributed by atoms with Crippen LogP contribution in [0.5, 0.6) is 5.88 Å². The van der Waals surface area contributed by atoms with Gasteiger partial charge in [0.1, 0.15) is 17.7 Å². The number of nitrogens with zero attached hydrogens (tertiary/aromatic N) is 2. The van der Waals surface area contributed by atoms with Gasteiger partial charge in [0, 0.05) is 5.92 Å². The molecule has 1 saturated carbocycles. The minimum Gasteiger partial charge on any atom is -0.474 e. The van der Waals surface area contributed by atoms with Gasteiger partial charge in [0.2, 0.25) is 5.88 Å². The Morgan fingerprint density at radius 2 is 1.90 bits per heavy atom. The van der Waals surface area contributed by atoms with E-state index in [9.17, 15) is 0 Å². The zero-order valence-electron chi connectivity index (χ0n) is 14.2. The molecule has 0 bridgehead atoms. The number of hydrogen-bond donors (Lipinski definition) is 1. The predicted octanol–water partition coefficient (Wildman–Crippen LogP) is 4.08. The van der Waals surface area contributed by atoms with Gasteiger partial charge in [-0.05, 0) is 37.5 Å². The van der Waals surface area contributed by atoms with Gasteiger partial charge >= 0.3 is 0 Å². The van der Waals surface area contributed by atoms with Gasteiger partial charge in [-0.1, -0.05) is 34.6 Å². The van der Waals surface area contributed by atoms with Crippen LogP contribution in [0.4, 0.5) is 5.82 Å². The van der Waals surface area contributed by atoms with Crippen LogP contribution in [0.25, 0.3) is 0 Å². The maximum absolute atomic E-state index is 6.23. The zero-order chi connectivity index (χ0) is 15.8. The van der Waals surface area contributed by atoms with Crippen molar-refractivity contribution in [2.45, 2.75) is 72.8 Å². The molecule has 1 aliphatic carbocycles.